The Hall–Kier alpha value is -2.67. The molecular formula is C23H23Cl2N3O3. The highest BCUT2D eigenvalue weighted by Crippen LogP contribution is 2.20. The van der Waals surface area contributed by atoms with Crippen LogP contribution in [0.4, 0.5) is 0 Å². The van der Waals surface area contributed by atoms with E-state index in [2.05, 4.69) is 10.3 Å². The van der Waals surface area contributed by atoms with Gasteiger partial charge >= 0.3 is 0 Å². The molecule has 0 atom stereocenters. The molecule has 6 nitrogen and oxygen atoms in total. The second kappa shape index (κ2) is 10.6. The fourth-order valence-electron chi connectivity index (χ4n) is 3.26. The van der Waals surface area contributed by atoms with Crippen molar-refractivity contribution in [1.82, 2.24) is 14.9 Å². The Bertz CT molecular complexity index is 1110. The molecule has 0 aliphatic carbocycles. The lowest BCUT2D eigenvalue weighted by Crippen LogP contribution is -2.36. The number of hydrogen-bond donors (Lipinski definition) is 2. The van der Waals surface area contributed by atoms with Gasteiger partial charge in [-0.2, -0.15) is 0 Å². The van der Waals surface area contributed by atoms with E-state index in [0.29, 0.717) is 45.7 Å². The fourth-order valence-corrected chi connectivity index (χ4v) is 3.52. The summed E-state index contributed by atoms with van der Waals surface area (Å²) < 4.78 is 1.35. The number of aryl methyl sites for hydroxylation is 1. The molecule has 1 heterocycles. The minimum Gasteiger partial charge on any atom is -0.396 e. The third-order valence-electron chi connectivity index (χ3n) is 4.88. The molecule has 1 amide bonds. The van der Waals surface area contributed by atoms with E-state index in [9.17, 15) is 14.7 Å². The Balaban J connectivity index is 1.82. The zero-order valence-corrected chi connectivity index (χ0v) is 18.6. The summed E-state index contributed by atoms with van der Waals surface area (Å²) in [4.78, 5) is 30.3. The first kappa shape index (κ1) is 23.0. The maximum Gasteiger partial charge on any atom is 0.257 e. The maximum absolute atomic E-state index is 13.1. The van der Waals surface area contributed by atoms with E-state index < -0.39 is 0 Å². The molecule has 8 heteroatoms. The van der Waals surface area contributed by atoms with Crippen molar-refractivity contribution >= 4 is 29.1 Å². The molecule has 2 aromatic carbocycles. The van der Waals surface area contributed by atoms with Crippen LogP contribution >= 0.6 is 23.2 Å². The van der Waals surface area contributed by atoms with Gasteiger partial charge < -0.3 is 10.4 Å². The third kappa shape index (κ3) is 5.94. The number of aliphatic hydroxyl groups is 1. The monoisotopic (exact) mass is 459 g/mol. The van der Waals surface area contributed by atoms with Crippen LogP contribution in [0.1, 0.15) is 16.8 Å². The summed E-state index contributed by atoms with van der Waals surface area (Å²) >= 11 is 11.9. The molecular weight excluding hydrogens is 437 g/mol. The SMILES string of the molecule is Cc1nc(-c2ccc(Cl)cc2)n(CC(=O)NCCc2ccc(Cl)cc2)c(=O)c1CCO. The minimum atomic E-state index is -0.334. The summed E-state index contributed by atoms with van der Waals surface area (Å²) in [5.74, 6) is 0.0839. The number of amides is 1. The van der Waals surface area contributed by atoms with Gasteiger partial charge in [0, 0.05) is 46.4 Å². The summed E-state index contributed by atoms with van der Waals surface area (Å²) in [7, 11) is 0. The number of aromatic nitrogens is 2. The molecule has 3 rings (SSSR count). The van der Waals surface area contributed by atoms with E-state index in [-0.39, 0.29) is 31.0 Å². The van der Waals surface area contributed by atoms with E-state index in [1.165, 1.54) is 4.57 Å². The van der Waals surface area contributed by atoms with Crippen LogP contribution in [0.2, 0.25) is 10.0 Å². The average Bonchev–Trinajstić information content (AvgIpc) is 2.75. The van der Waals surface area contributed by atoms with E-state index in [4.69, 9.17) is 23.2 Å². The molecule has 0 saturated heterocycles. The number of halogens is 2. The van der Waals surface area contributed by atoms with E-state index in [1.54, 1.807) is 43.3 Å². The predicted molar refractivity (Wildman–Crippen MR) is 123 cm³/mol. The molecule has 0 spiro atoms. The van der Waals surface area contributed by atoms with Gasteiger partial charge in [0.1, 0.15) is 12.4 Å². The summed E-state index contributed by atoms with van der Waals surface area (Å²) in [5, 5.41) is 13.4. The molecule has 0 bridgehead atoms. The van der Waals surface area contributed by atoms with Gasteiger partial charge in [-0.25, -0.2) is 4.98 Å². The highest BCUT2D eigenvalue weighted by Gasteiger charge is 2.17. The number of aliphatic hydroxyl groups excluding tert-OH is 1. The molecule has 2 N–H and O–H groups in total. The van der Waals surface area contributed by atoms with Crippen LogP contribution in [0.5, 0.6) is 0 Å². The second-order valence-corrected chi connectivity index (χ2v) is 7.97. The topological polar surface area (TPSA) is 84.2 Å². The van der Waals surface area contributed by atoms with Crippen molar-refractivity contribution in [3.8, 4) is 11.4 Å². The third-order valence-corrected chi connectivity index (χ3v) is 5.39. The highest BCUT2D eigenvalue weighted by atomic mass is 35.5. The Morgan fingerprint density at radius 3 is 2.26 bits per heavy atom. The van der Waals surface area contributed by atoms with Crippen LogP contribution in [-0.2, 0) is 24.2 Å². The molecule has 0 aliphatic heterocycles. The van der Waals surface area contributed by atoms with Gasteiger partial charge in [-0.3, -0.25) is 14.2 Å². The van der Waals surface area contributed by atoms with Crippen LogP contribution in [-0.4, -0.2) is 33.7 Å². The minimum absolute atomic E-state index is 0.175. The summed E-state index contributed by atoms with van der Waals surface area (Å²) in [6, 6.07) is 14.3. The van der Waals surface area contributed by atoms with Gasteiger partial charge in [-0.05, 0) is 55.3 Å². The van der Waals surface area contributed by atoms with Crippen molar-refractivity contribution < 1.29 is 9.90 Å². The highest BCUT2D eigenvalue weighted by molar-refractivity contribution is 6.30. The van der Waals surface area contributed by atoms with Crippen molar-refractivity contribution in [2.75, 3.05) is 13.2 Å². The number of nitrogens with one attached hydrogen (secondary N) is 1. The lowest BCUT2D eigenvalue weighted by atomic mass is 10.1. The van der Waals surface area contributed by atoms with Gasteiger partial charge in [0.25, 0.3) is 5.56 Å². The van der Waals surface area contributed by atoms with Crippen molar-refractivity contribution in [2.24, 2.45) is 0 Å². The van der Waals surface area contributed by atoms with Crippen molar-refractivity contribution in [2.45, 2.75) is 26.3 Å². The van der Waals surface area contributed by atoms with Crippen LogP contribution < -0.4 is 10.9 Å². The van der Waals surface area contributed by atoms with Gasteiger partial charge in [0.15, 0.2) is 0 Å². The van der Waals surface area contributed by atoms with Gasteiger partial charge in [0.05, 0.1) is 0 Å². The van der Waals surface area contributed by atoms with E-state index >= 15 is 0 Å². The number of carbonyl (C=O) groups is 1. The first-order valence-electron chi connectivity index (χ1n) is 9.87. The Morgan fingerprint density at radius 1 is 1.03 bits per heavy atom. The Morgan fingerprint density at radius 2 is 1.65 bits per heavy atom. The maximum atomic E-state index is 13.1. The molecule has 0 radical (unpaired) electrons. The Labute approximate surface area is 190 Å². The number of hydrogen-bond acceptors (Lipinski definition) is 4. The van der Waals surface area contributed by atoms with Crippen LogP contribution in [0.3, 0.4) is 0 Å². The first-order chi connectivity index (χ1) is 14.9. The van der Waals surface area contributed by atoms with E-state index in [0.717, 1.165) is 5.56 Å². The molecule has 162 valence electrons. The number of carbonyl (C=O) groups excluding carboxylic acids is 1. The largest absolute Gasteiger partial charge is 0.396 e. The van der Waals surface area contributed by atoms with Gasteiger partial charge in [-0.1, -0.05) is 35.3 Å². The standard InChI is InChI=1S/C23H23Cl2N3O3/c1-15-20(11-13-29)23(31)28(22(27-15)17-4-8-19(25)9-5-17)14-21(30)26-12-10-16-2-6-18(24)7-3-16/h2-9,29H,10-14H2,1H3,(H,26,30). The number of nitrogens with zero attached hydrogens (tertiary/aromatic N) is 2. The molecule has 31 heavy (non-hydrogen) atoms. The molecule has 0 aliphatic rings. The molecule has 0 fully saturated rings. The smallest absolute Gasteiger partial charge is 0.257 e. The van der Waals surface area contributed by atoms with E-state index in [1.807, 2.05) is 12.1 Å². The van der Waals surface area contributed by atoms with Crippen LogP contribution in [0.15, 0.2) is 53.3 Å². The zero-order valence-electron chi connectivity index (χ0n) is 17.1. The molecule has 3 aromatic rings. The number of benzene rings is 2. The van der Waals surface area contributed by atoms with Gasteiger partial charge in [-0.15, -0.1) is 0 Å². The summed E-state index contributed by atoms with van der Waals surface area (Å²) in [6.07, 6.45) is 0.820. The van der Waals surface area contributed by atoms with Gasteiger partial charge in [0.2, 0.25) is 5.91 Å². The predicted octanol–water partition coefficient (Wildman–Crippen LogP) is 3.42. The lowest BCUT2D eigenvalue weighted by Gasteiger charge is -2.16. The van der Waals surface area contributed by atoms with Crippen molar-refractivity contribution in [3.63, 3.8) is 0 Å². The fraction of sp³-hybridized carbons (Fsp3) is 0.261. The molecule has 0 saturated carbocycles. The zero-order chi connectivity index (χ0) is 22.4. The Kier molecular flexibility index (Phi) is 7.85. The first-order valence-corrected chi connectivity index (χ1v) is 10.6. The lowest BCUT2D eigenvalue weighted by molar-refractivity contribution is -0.121. The summed E-state index contributed by atoms with van der Waals surface area (Å²) in [5.41, 5.74) is 2.32. The molecule has 1 aromatic heterocycles. The van der Waals surface area contributed by atoms with Crippen molar-refractivity contribution in [1.29, 1.82) is 0 Å². The quantitative estimate of drug-likeness (QED) is 0.540. The summed E-state index contributed by atoms with van der Waals surface area (Å²) in [6.45, 7) is 1.80. The average molecular weight is 460 g/mol. The number of rotatable bonds is 8. The van der Waals surface area contributed by atoms with Crippen LogP contribution in [0.25, 0.3) is 11.4 Å². The normalized spacial score (nSPS) is 10.8. The molecule has 0 unspecified atom stereocenters. The second-order valence-electron chi connectivity index (χ2n) is 7.10. The van der Waals surface area contributed by atoms with Crippen LogP contribution in [0, 0.1) is 6.92 Å². The van der Waals surface area contributed by atoms with Crippen molar-refractivity contribution in [3.05, 3.63) is 85.8 Å².